The first-order valence-corrected chi connectivity index (χ1v) is 8.92. The summed E-state index contributed by atoms with van der Waals surface area (Å²) in [5.41, 5.74) is 0.293. The number of aromatic nitrogens is 2. The number of nitrogens with one attached hydrogen (secondary N) is 2. The van der Waals surface area contributed by atoms with E-state index in [1.54, 1.807) is 0 Å². The van der Waals surface area contributed by atoms with Gasteiger partial charge in [0.05, 0.1) is 0 Å². The van der Waals surface area contributed by atoms with Gasteiger partial charge in [0.25, 0.3) is 5.91 Å². The van der Waals surface area contributed by atoms with E-state index in [0.717, 1.165) is 17.8 Å². The smallest absolute Gasteiger partial charge is 0.251 e. The second kappa shape index (κ2) is 8.66. The fourth-order valence-electron chi connectivity index (χ4n) is 2.16. The molecule has 0 spiro atoms. The molecule has 0 unspecified atom stereocenters. The maximum absolute atomic E-state index is 13.0. The first kappa shape index (κ1) is 19.0. The predicted molar refractivity (Wildman–Crippen MR) is 95.0 cm³/mol. The highest BCUT2D eigenvalue weighted by molar-refractivity contribution is 7.15. The summed E-state index contributed by atoms with van der Waals surface area (Å²) in [4.78, 5) is 24.8. The summed E-state index contributed by atoms with van der Waals surface area (Å²) in [7, 11) is 0. The molecule has 0 aliphatic rings. The Morgan fingerprint density at radius 2 is 1.88 bits per heavy atom. The van der Waals surface area contributed by atoms with Crippen LogP contribution in [0.5, 0.6) is 0 Å². The Bertz CT molecular complexity index is 731. The molecule has 2 amide bonds. The molecule has 0 bridgehead atoms. The molecule has 1 aromatic heterocycles. The third-order valence-electron chi connectivity index (χ3n) is 3.50. The summed E-state index contributed by atoms with van der Waals surface area (Å²) in [6, 6.07) is 4.42. The van der Waals surface area contributed by atoms with Crippen LogP contribution in [0.1, 0.15) is 42.6 Å². The number of hydrogen-bond acceptors (Lipinski definition) is 5. The molecule has 0 aliphatic heterocycles. The fraction of sp³-hybridized carbons (Fsp3) is 0.412. The zero-order chi connectivity index (χ0) is 18.4. The zero-order valence-corrected chi connectivity index (χ0v) is 15.2. The highest BCUT2D eigenvalue weighted by atomic mass is 32.1. The number of aryl methyl sites for hydroxylation is 1. The van der Waals surface area contributed by atoms with E-state index in [9.17, 15) is 14.0 Å². The van der Waals surface area contributed by atoms with Crippen molar-refractivity contribution >= 4 is 28.3 Å². The summed E-state index contributed by atoms with van der Waals surface area (Å²) in [6.45, 7) is 5.70. The molecule has 0 saturated heterocycles. The Hall–Kier alpha value is -2.35. The lowest BCUT2D eigenvalue weighted by Gasteiger charge is -2.21. The Morgan fingerprint density at radius 3 is 2.48 bits per heavy atom. The van der Waals surface area contributed by atoms with Gasteiger partial charge in [0.2, 0.25) is 11.0 Å². The van der Waals surface area contributed by atoms with Crippen LogP contribution in [0.2, 0.25) is 0 Å². The van der Waals surface area contributed by atoms with Gasteiger partial charge < -0.3 is 5.32 Å². The number of amides is 2. The highest BCUT2D eigenvalue weighted by Crippen LogP contribution is 2.17. The van der Waals surface area contributed by atoms with E-state index < -0.39 is 17.8 Å². The van der Waals surface area contributed by atoms with E-state index in [1.165, 1.54) is 35.6 Å². The summed E-state index contributed by atoms with van der Waals surface area (Å²) < 4.78 is 13.0. The van der Waals surface area contributed by atoms with Crippen LogP contribution in [0.4, 0.5) is 9.52 Å². The number of benzene rings is 1. The van der Waals surface area contributed by atoms with Crippen molar-refractivity contribution in [3.05, 3.63) is 40.7 Å². The topological polar surface area (TPSA) is 84.0 Å². The van der Waals surface area contributed by atoms with Gasteiger partial charge in [-0.1, -0.05) is 32.1 Å². The Morgan fingerprint density at radius 1 is 1.20 bits per heavy atom. The van der Waals surface area contributed by atoms with Gasteiger partial charge >= 0.3 is 0 Å². The first-order valence-electron chi connectivity index (χ1n) is 8.10. The van der Waals surface area contributed by atoms with E-state index in [-0.39, 0.29) is 11.8 Å². The second-order valence-corrected chi connectivity index (χ2v) is 7.00. The molecule has 0 saturated carbocycles. The molecule has 0 fully saturated rings. The minimum atomic E-state index is -0.740. The van der Waals surface area contributed by atoms with Crippen LogP contribution in [-0.4, -0.2) is 28.1 Å². The molecular formula is C17H21FN4O2S. The van der Waals surface area contributed by atoms with E-state index in [4.69, 9.17) is 0 Å². The molecule has 0 radical (unpaired) electrons. The summed E-state index contributed by atoms with van der Waals surface area (Å²) in [6.07, 6.45) is 1.76. The number of hydrogen-bond donors (Lipinski definition) is 2. The molecule has 0 aliphatic carbocycles. The number of halogens is 1. The van der Waals surface area contributed by atoms with E-state index in [1.807, 2.05) is 20.8 Å². The van der Waals surface area contributed by atoms with Gasteiger partial charge in [0, 0.05) is 12.0 Å². The standard InChI is InChI=1S/C17H21FN4O2S/c1-4-5-13-21-22-17(25-13)20-16(24)14(10(2)3)19-15(23)11-6-8-12(18)9-7-11/h6-10,14H,4-5H2,1-3H3,(H,19,23)(H,20,22,24)/t14-/m0/s1. The van der Waals surface area contributed by atoms with Crippen molar-refractivity contribution in [3.63, 3.8) is 0 Å². The Labute approximate surface area is 149 Å². The second-order valence-electron chi connectivity index (χ2n) is 5.94. The fourth-order valence-corrected chi connectivity index (χ4v) is 3.01. The van der Waals surface area contributed by atoms with Crippen LogP contribution in [0.25, 0.3) is 0 Å². The average Bonchev–Trinajstić information content (AvgIpc) is 3.00. The van der Waals surface area contributed by atoms with Crippen molar-refractivity contribution < 1.29 is 14.0 Å². The quantitative estimate of drug-likeness (QED) is 0.791. The third-order valence-corrected chi connectivity index (χ3v) is 4.40. The molecule has 8 heteroatoms. The molecule has 1 atom stereocenters. The summed E-state index contributed by atoms with van der Waals surface area (Å²) in [5, 5.41) is 14.6. The van der Waals surface area contributed by atoms with Gasteiger partial charge in [-0.15, -0.1) is 10.2 Å². The van der Waals surface area contributed by atoms with Crippen molar-refractivity contribution in [2.45, 2.75) is 39.7 Å². The molecule has 2 aromatic rings. The molecule has 134 valence electrons. The lowest BCUT2D eigenvalue weighted by Crippen LogP contribution is -2.47. The van der Waals surface area contributed by atoms with Crippen LogP contribution in [0, 0.1) is 11.7 Å². The number of nitrogens with zero attached hydrogens (tertiary/aromatic N) is 2. The highest BCUT2D eigenvalue weighted by Gasteiger charge is 2.25. The SMILES string of the molecule is CCCc1nnc(NC(=O)[C@@H](NC(=O)c2ccc(F)cc2)C(C)C)s1. The van der Waals surface area contributed by atoms with Gasteiger partial charge in [-0.05, 0) is 36.6 Å². The lowest BCUT2D eigenvalue weighted by molar-refractivity contribution is -0.118. The third kappa shape index (κ3) is 5.32. The molecule has 1 heterocycles. The van der Waals surface area contributed by atoms with Crippen molar-refractivity contribution in [1.29, 1.82) is 0 Å². The van der Waals surface area contributed by atoms with Crippen LogP contribution >= 0.6 is 11.3 Å². The molecule has 2 N–H and O–H groups in total. The van der Waals surface area contributed by atoms with Gasteiger partial charge in [0.1, 0.15) is 16.9 Å². The zero-order valence-electron chi connectivity index (χ0n) is 14.4. The largest absolute Gasteiger partial charge is 0.340 e. The first-order chi connectivity index (χ1) is 11.9. The normalized spacial score (nSPS) is 12.0. The molecule has 25 heavy (non-hydrogen) atoms. The minimum Gasteiger partial charge on any atom is -0.340 e. The van der Waals surface area contributed by atoms with Gasteiger partial charge in [-0.25, -0.2) is 4.39 Å². The minimum absolute atomic E-state index is 0.132. The van der Waals surface area contributed by atoms with Crippen LogP contribution in [0.15, 0.2) is 24.3 Å². The van der Waals surface area contributed by atoms with Crippen LogP contribution < -0.4 is 10.6 Å². The van der Waals surface area contributed by atoms with Gasteiger partial charge in [-0.3, -0.25) is 14.9 Å². The molecular weight excluding hydrogens is 343 g/mol. The number of carbonyl (C=O) groups is 2. The maximum Gasteiger partial charge on any atom is 0.251 e. The van der Waals surface area contributed by atoms with Crippen LogP contribution in [-0.2, 0) is 11.2 Å². The van der Waals surface area contributed by atoms with E-state index in [2.05, 4.69) is 20.8 Å². The van der Waals surface area contributed by atoms with Crippen LogP contribution in [0.3, 0.4) is 0 Å². The molecule has 2 rings (SSSR count). The monoisotopic (exact) mass is 364 g/mol. The van der Waals surface area contributed by atoms with Crippen molar-refractivity contribution in [3.8, 4) is 0 Å². The molecule has 6 nitrogen and oxygen atoms in total. The Kier molecular flexibility index (Phi) is 6.58. The average molecular weight is 364 g/mol. The van der Waals surface area contributed by atoms with E-state index >= 15 is 0 Å². The van der Waals surface area contributed by atoms with Gasteiger partial charge in [0.15, 0.2) is 0 Å². The summed E-state index contributed by atoms with van der Waals surface area (Å²) in [5.74, 6) is -1.34. The lowest BCUT2D eigenvalue weighted by atomic mass is 10.0. The van der Waals surface area contributed by atoms with Crippen molar-refractivity contribution in [2.24, 2.45) is 5.92 Å². The summed E-state index contributed by atoms with van der Waals surface area (Å²) >= 11 is 1.32. The number of rotatable bonds is 7. The van der Waals surface area contributed by atoms with E-state index in [0.29, 0.717) is 10.7 Å². The van der Waals surface area contributed by atoms with Gasteiger partial charge in [-0.2, -0.15) is 0 Å². The predicted octanol–water partition coefficient (Wildman–Crippen LogP) is 3.02. The number of anilines is 1. The van der Waals surface area contributed by atoms with Crippen molar-refractivity contribution in [2.75, 3.05) is 5.32 Å². The Balaban J connectivity index is 2.04. The number of carbonyl (C=O) groups excluding carboxylic acids is 2. The molecule has 1 aromatic carbocycles. The van der Waals surface area contributed by atoms with Crippen molar-refractivity contribution in [1.82, 2.24) is 15.5 Å². The maximum atomic E-state index is 13.0.